The lowest BCUT2D eigenvalue weighted by molar-refractivity contribution is 0.0979. The zero-order chi connectivity index (χ0) is 19.3. The van der Waals surface area contributed by atoms with E-state index in [9.17, 15) is 27.2 Å². The van der Waals surface area contributed by atoms with Crippen molar-refractivity contribution in [1.82, 2.24) is 0 Å². The summed E-state index contributed by atoms with van der Waals surface area (Å²) < 4.78 is 54.4. The Balaban J connectivity index is 1.79. The summed E-state index contributed by atoms with van der Waals surface area (Å²) in [5.41, 5.74) is -0.391. The van der Waals surface area contributed by atoms with E-state index in [-0.39, 0.29) is 39.8 Å². The zero-order valence-corrected chi connectivity index (χ0v) is 13.4. The van der Waals surface area contributed by atoms with Crippen molar-refractivity contribution in [1.29, 1.82) is 0 Å². The second kappa shape index (κ2) is 6.05. The highest BCUT2D eigenvalue weighted by Gasteiger charge is 2.29. The number of anilines is 2. The van der Waals surface area contributed by atoms with Gasteiger partial charge in [-0.2, -0.15) is 0 Å². The Kier molecular flexibility index (Phi) is 3.80. The third-order valence-corrected chi connectivity index (χ3v) is 4.31. The minimum absolute atomic E-state index is 0.00270. The molecule has 1 aliphatic carbocycles. The highest BCUT2D eigenvalue weighted by molar-refractivity contribution is 6.28. The van der Waals surface area contributed by atoms with Gasteiger partial charge in [-0.3, -0.25) is 9.59 Å². The molecule has 27 heavy (non-hydrogen) atoms. The maximum Gasteiger partial charge on any atom is 0.194 e. The fourth-order valence-corrected chi connectivity index (χ4v) is 3.00. The molecular weight excluding hydrogens is 362 g/mol. The lowest BCUT2D eigenvalue weighted by Gasteiger charge is -2.18. The summed E-state index contributed by atoms with van der Waals surface area (Å²) in [4.78, 5) is 25.2. The molecule has 0 radical (unpaired) electrons. The van der Waals surface area contributed by atoms with Crippen LogP contribution in [0.5, 0.6) is 0 Å². The quantitative estimate of drug-likeness (QED) is 0.408. The molecule has 1 N–H and O–H groups in total. The first kappa shape index (κ1) is 17.0. The van der Waals surface area contributed by atoms with Crippen LogP contribution in [0.15, 0.2) is 48.5 Å². The van der Waals surface area contributed by atoms with Crippen LogP contribution in [0.25, 0.3) is 0 Å². The van der Waals surface area contributed by atoms with Crippen molar-refractivity contribution in [3.05, 3.63) is 94.1 Å². The van der Waals surface area contributed by atoms with Crippen LogP contribution in [0.3, 0.4) is 0 Å². The van der Waals surface area contributed by atoms with Gasteiger partial charge in [0.25, 0.3) is 0 Å². The first-order chi connectivity index (χ1) is 12.9. The number of benzene rings is 3. The maximum absolute atomic E-state index is 13.8. The summed E-state index contributed by atoms with van der Waals surface area (Å²) in [5.74, 6) is -7.11. The highest BCUT2D eigenvalue weighted by atomic mass is 19.2. The van der Waals surface area contributed by atoms with Crippen LogP contribution in [-0.4, -0.2) is 11.6 Å². The smallest absolute Gasteiger partial charge is 0.194 e. The summed E-state index contributed by atoms with van der Waals surface area (Å²) in [6, 6.07) is 10.2. The number of rotatable bonds is 2. The topological polar surface area (TPSA) is 46.2 Å². The number of ketones is 2. The molecule has 0 amide bonds. The largest absolute Gasteiger partial charge is 0.351 e. The Morgan fingerprint density at radius 1 is 0.630 bits per heavy atom. The van der Waals surface area contributed by atoms with Crippen LogP contribution >= 0.6 is 0 Å². The van der Waals surface area contributed by atoms with Gasteiger partial charge in [-0.15, -0.1) is 0 Å². The molecule has 0 saturated heterocycles. The average Bonchev–Trinajstić information content (AvgIpc) is 2.68. The molecule has 0 atom stereocenters. The fraction of sp³-hybridized carbons (Fsp3) is 0. The van der Waals surface area contributed by atoms with E-state index in [1.165, 1.54) is 30.3 Å². The van der Waals surface area contributed by atoms with Gasteiger partial charge in [0.2, 0.25) is 0 Å². The highest BCUT2D eigenvalue weighted by Crippen LogP contribution is 2.32. The molecule has 3 aromatic carbocycles. The molecule has 0 heterocycles. The van der Waals surface area contributed by atoms with Crippen molar-refractivity contribution >= 4 is 22.9 Å². The number of fused-ring (bicyclic) bond motifs is 2. The average molecular weight is 371 g/mol. The number of carbonyl (C=O) groups excluding carboxylic acids is 2. The van der Waals surface area contributed by atoms with E-state index in [1.54, 1.807) is 12.1 Å². The molecule has 0 bridgehead atoms. The Morgan fingerprint density at radius 2 is 1.15 bits per heavy atom. The molecular formula is C20H9F4NO2. The Hall–Kier alpha value is -3.48. The van der Waals surface area contributed by atoms with Crippen molar-refractivity contribution in [2.24, 2.45) is 0 Å². The lowest BCUT2D eigenvalue weighted by Crippen LogP contribution is -2.20. The monoisotopic (exact) mass is 371 g/mol. The molecule has 0 saturated carbocycles. The van der Waals surface area contributed by atoms with Gasteiger partial charge in [-0.25, -0.2) is 17.6 Å². The molecule has 0 aliphatic heterocycles. The number of halogens is 4. The van der Waals surface area contributed by atoms with Gasteiger partial charge < -0.3 is 5.32 Å². The van der Waals surface area contributed by atoms with Crippen molar-refractivity contribution in [2.75, 3.05) is 5.32 Å². The molecule has 0 unspecified atom stereocenters. The molecule has 3 aromatic rings. The maximum atomic E-state index is 13.8. The predicted octanol–water partition coefficient (Wildman–Crippen LogP) is 4.76. The summed E-state index contributed by atoms with van der Waals surface area (Å²) in [5, 5.41) is 2.24. The third kappa shape index (κ3) is 2.59. The van der Waals surface area contributed by atoms with E-state index in [1.807, 2.05) is 0 Å². The molecule has 7 heteroatoms. The Bertz CT molecular complexity index is 1110. The summed E-state index contributed by atoms with van der Waals surface area (Å²) in [7, 11) is 0. The van der Waals surface area contributed by atoms with E-state index >= 15 is 0 Å². The van der Waals surface area contributed by atoms with Crippen LogP contribution in [0.2, 0.25) is 0 Å². The summed E-state index contributed by atoms with van der Waals surface area (Å²) in [6.45, 7) is 0. The molecule has 0 spiro atoms. The summed E-state index contributed by atoms with van der Waals surface area (Å²) in [6.07, 6.45) is 0. The van der Waals surface area contributed by atoms with Crippen LogP contribution < -0.4 is 5.32 Å². The summed E-state index contributed by atoms with van der Waals surface area (Å²) >= 11 is 0. The molecule has 0 fully saturated rings. The predicted molar refractivity (Wildman–Crippen MR) is 89.3 cm³/mol. The van der Waals surface area contributed by atoms with Crippen LogP contribution in [0.1, 0.15) is 31.8 Å². The van der Waals surface area contributed by atoms with Crippen molar-refractivity contribution < 1.29 is 27.2 Å². The molecule has 134 valence electrons. The molecule has 1 aliphatic rings. The van der Waals surface area contributed by atoms with Crippen molar-refractivity contribution in [3.8, 4) is 0 Å². The minimum atomic E-state index is -1.60. The second-order valence-electron chi connectivity index (χ2n) is 5.93. The van der Waals surface area contributed by atoms with E-state index < -0.39 is 34.7 Å². The second-order valence-corrected chi connectivity index (χ2v) is 5.93. The molecule has 4 rings (SSSR count). The van der Waals surface area contributed by atoms with Crippen molar-refractivity contribution in [3.63, 3.8) is 0 Å². The van der Waals surface area contributed by atoms with Gasteiger partial charge >= 0.3 is 0 Å². The minimum Gasteiger partial charge on any atom is -0.351 e. The third-order valence-electron chi connectivity index (χ3n) is 4.31. The van der Waals surface area contributed by atoms with E-state index in [0.717, 1.165) is 0 Å². The van der Waals surface area contributed by atoms with Crippen molar-refractivity contribution in [2.45, 2.75) is 0 Å². The Labute approximate surface area is 150 Å². The Morgan fingerprint density at radius 3 is 1.74 bits per heavy atom. The van der Waals surface area contributed by atoms with E-state index in [0.29, 0.717) is 0 Å². The first-order valence-corrected chi connectivity index (χ1v) is 7.81. The number of hydrogen-bond acceptors (Lipinski definition) is 3. The number of nitrogens with one attached hydrogen (secondary N) is 1. The standard InChI is InChI=1S/C20H9F4NO2/c21-14-8-15(22)17(24)18(16(14)23)25-9-5-6-12-13(7-9)20(27)11-4-2-1-3-10(11)19(12)26/h1-8,25H. The van der Waals surface area contributed by atoms with Crippen LogP contribution in [0.4, 0.5) is 28.9 Å². The van der Waals surface area contributed by atoms with Gasteiger partial charge in [0.05, 0.1) is 0 Å². The van der Waals surface area contributed by atoms with Crippen LogP contribution in [-0.2, 0) is 0 Å². The number of hydrogen-bond donors (Lipinski definition) is 1. The first-order valence-electron chi connectivity index (χ1n) is 7.81. The van der Waals surface area contributed by atoms with Gasteiger partial charge in [0.1, 0.15) is 5.69 Å². The fourth-order valence-electron chi connectivity index (χ4n) is 3.00. The SMILES string of the molecule is O=C1c2ccccc2C(=O)c2cc(Nc3c(F)c(F)cc(F)c3F)ccc21. The van der Waals surface area contributed by atoms with E-state index in [4.69, 9.17) is 0 Å². The number of carbonyl (C=O) groups is 2. The lowest BCUT2D eigenvalue weighted by atomic mass is 9.84. The normalized spacial score (nSPS) is 12.6. The van der Waals surface area contributed by atoms with Gasteiger partial charge in [-0.1, -0.05) is 24.3 Å². The van der Waals surface area contributed by atoms with Crippen LogP contribution in [0, 0.1) is 23.3 Å². The zero-order valence-electron chi connectivity index (χ0n) is 13.4. The van der Waals surface area contributed by atoms with Gasteiger partial charge in [0.15, 0.2) is 34.8 Å². The molecule has 3 nitrogen and oxygen atoms in total. The van der Waals surface area contributed by atoms with E-state index in [2.05, 4.69) is 5.32 Å². The molecule has 0 aromatic heterocycles. The van der Waals surface area contributed by atoms with Gasteiger partial charge in [0, 0.05) is 34.0 Å². The van der Waals surface area contributed by atoms with Gasteiger partial charge in [-0.05, 0) is 18.2 Å².